The minimum Gasteiger partial charge on any atom is -0.480 e. The largest absolute Gasteiger partial charge is 0.480 e. The Bertz CT molecular complexity index is 548. The lowest BCUT2D eigenvalue weighted by Crippen LogP contribution is -2.47. The molecule has 0 aliphatic heterocycles. The fourth-order valence-electron chi connectivity index (χ4n) is 2.05. The zero-order valence-corrected chi connectivity index (χ0v) is 13.5. The maximum Gasteiger partial charge on any atom is 0.324 e. The van der Waals surface area contributed by atoms with Crippen LogP contribution in [-0.4, -0.2) is 28.6 Å². The number of carbonyl (C=O) groups excluding carboxylic acids is 1. The van der Waals surface area contributed by atoms with Gasteiger partial charge in [-0.2, -0.15) is 0 Å². The second kappa shape index (κ2) is 7.09. The third-order valence-corrected chi connectivity index (χ3v) is 3.93. The van der Waals surface area contributed by atoms with Crippen LogP contribution < -0.4 is 0 Å². The molecule has 1 aromatic rings. The molecule has 0 radical (unpaired) electrons. The average Bonchev–Trinajstić information content (AvgIpc) is 2.37. The molecule has 0 aliphatic carbocycles. The van der Waals surface area contributed by atoms with Gasteiger partial charge in [0.2, 0.25) is 0 Å². The van der Waals surface area contributed by atoms with Gasteiger partial charge in [-0.15, -0.1) is 0 Å². The monoisotopic (exact) mass is 333 g/mol. The summed E-state index contributed by atoms with van der Waals surface area (Å²) in [6.45, 7) is 5.04. The third kappa shape index (κ3) is 3.66. The Morgan fingerprint density at radius 1 is 1.43 bits per heavy atom. The number of esters is 1. The van der Waals surface area contributed by atoms with E-state index >= 15 is 0 Å². The van der Waals surface area contributed by atoms with Crippen LogP contribution in [0.15, 0.2) is 12.3 Å². The van der Waals surface area contributed by atoms with Gasteiger partial charge in [0.25, 0.3) is 0 Å². The molecule has 5 nitrogen and oxygen atoms in total. The third-order valence-electron chi connectivity index (χ3n) is 3.37. The normalized spacial score (nSPS) is 13.8. The molecule has 1 unspecified atom stereocenters. The van der Waals surface area contributed by atoms with Gasteiger partial charge in [0.05, 0.1) is 6.61 Å². The van der Waals surface area contributed by atoms with E-state index < -0.39 is 23.3 Å². The molecule has 1 aromatic heterocycles. The number of aliphatic carboxylic acids is 1. The zero-order valence-electron chi connectivity index (χ0n) is 12.0. The van der Waals surface area contributed by atoms with Crippen LogP contribution in [0.5, 0.6) is 0 Å². The molecule has 1 heterocycles. The summed E-state index contributed by atoms with van der Waals surface area (Å²) in [4.78, 5) is 27.9. The molecule has 0 saturated heterocycles. The van der Waals surface area contributed by atoms with Crippen molar-refractivity contribution in [3.63, 3.8) is 0 Å². The second-order valence-corrected chi connectivity index (χ2v) is 5.72. The molecule has 116 valence electrons. The number of hydrogen-bond acceptors (Lipinski definition) is 4. The number of halogens is 2. The molecule has 1 N–H and O–H groups in total. The minimum atomic E-state index is -1.71. The summed E-state index contributed by atoms with van der Waals surface area (Å²) in [5.41, 5.74) is -1.28. The van der Waals surface area contributed by atoms with E-state index in [1.54, 1.807) is 20.8 Å². The Labute approximate surface area is 133 Å². The van der Waals surface area contributed by atoms with Crippen molar-refractivity contribution in [1.82, 2.24) is 4.98 Å². The van der Waals surface area contributed by atoms with Crippen molar-refractivity contribution in [3.8, 4) is 0 Å². The summed E-state index contributed by atoms with van der Waals surface area (Å²) < 4.78 is 4.96. The smallest absolute Gasteiger partial charge is 0.324 e. The fourth-order valence-corrected chi connectivity index (χ4v) is 2.48. The summed E-state index contributed by atoms with van der Waals surface area (Å²) >= 11 is 11.8. The molecular formula is C14H17Cl2NO4. The molecule has 0 bridgehead atoms. The lowest BCUT2D eigenvalue weighted by Gasteiger charge is -2.31. The predicted octanol–water partition coefficient (Wildman–Crippen LogP) is 3.22. The van der Waals surface area contributed by atoms with Crippen molar-refractivity contribution in [2.75, 3.05) is 6.61 Å². The lowest BCUT2D eigenvalue weighted by atomic mass is 9.73. The fraction of sp³-hybridized carbons (Fsp3) is 0.500. The molecule has 0 aromatic carbocycles. The van der Waals surface area contributed by atoms with E-state index in [-0.39, 0.29) is 23.2 Å². The van der Waals surface area contributed by atoms with Crippen LogP contribution in [0.25, 0.3) is 0 Å². The van der Waals surface area contributed by atoms with Crippen molar-refractivity contribution >= 4 is 35.1 Å². The molecule has 0 amide bonds. The van der Waals surface area contributed by atoms with Gasteiger partial charge in [-0.3, -0.25) is 9.59 Å². The Hall–Kier alpha value is -1.33. The average molecular weight is 334 g/mol. The first kappa shape index (κ1) is 17.7. The lowest BCUT2D eigenvalue weighted by molar-refractivity contribution is -0.172. The van der Waals surface area contributed by atoms with Gasteiger partial charge in [-0.25, -0.2) is 4.98 Å². The number of nitrogens with zero attached hydrogens (tertiary/aromatic N) is 1. The molecule has 0 spiro atoms. The van der Waals surface area contributed by atoms with Crippen LogP contribution in [0.3, 0.4) is 0 Å². The molecular weight excluding hydrogens is 317 g/mol. The Morgan fingerprint density at radius 2 is 2.05 bits per heavy atom. The van der Waals surface area contributed by atoms with Crippen molar-refractivity contribution in [2.24, 2.45) is 11.3 Å². The van der Waals surface area contributed by atoms with E-state index in [0.717, 1.165) is 0 Å². The Balaban J connectivity index is 3.30. The molecule has 21 heavy (non-hydrogen) atoms. The highest BCUT2D eigenvalue weighted by atomic mass is 35.5. The summed E-state index contributed by atoms with van der Waals surface area (Å²) in [7, 11) is 0. The van der Waals surface area contributed by atoms with E-state index in [0.29, 0.717) is 5.56 Å². The van der Waals surface area contributed by atoms with E-state index in [1.807, 2.05) is 0 Å². The van der Waals surface area contributed by atoms with E-state index in [9.17, 15) is 14.7 Å². The van der Waals surface area contributed by atoms with Crippen molar-refractivity contribution < 1.29 is 19.4 Å². The van der Waals surface area contributed by atoms with Crippen LogP contribution >= 0.6 is 23.2 Å². The summed E-state index contributed by atoms with van der Waals surface area (Å²) in [5, 5.41) is 10.1. The van der Waals surface area contributed by atoms with Crippen molar-refractivity contribution in [2.45, 2.75) is 27.2 Å². The summed E-state index contributed by atoms with van der Waals surface area (Å²) in [5.74, 6) is -2.51. The van der Waals surface area contributed by atoms with Crippen LogP contribution in [0, 0.1) is 11.3 Å². The number of carboxylic acid groups (broad SMARTS) is 1. The topological polar surface area (TPSA) is 76.5 Å². The Kier molecular flexibility index (Phi) is 5.98. The quantitative estimate of drug-likeness (QED) is 0.491. The number of carboxylic acids is 1. The Morgan fingerprint density at radius 3 is 2.48 bits per heavy atom. The van der Waals surface area contributed by atoms with Crippen LogP contribution in [-0.2, 0) is 20.7 Å². The van der Waals surface area contributed by atoms with Gasteiger partial charge in [-0.1, -0.05) is 37.0 Å². The highest BCUT2D eigenvalue weighted by Gasteiger charge is 2.50. The van der Waals surface area contributed by atoms with E-state index in [4.69, 9.17) is 27.9 Å². The number of rotatable bonds is 6. The number of hydrogen-bond donors (Lipinski definition) is 1. The molecule has 0 aliphatic rings. The van der Waals surface area contributed by atoms with Crippen LogP contribution in [0.4, 0.5) is 0 Å². The zero-order chi connectivity index (χ0) is 16.2. The minimum absolute atomic E-state index is 0.104. The molecule has 7 heteroatoms. The summed E-state index contributed by atoms with van der Waals surface area (Å²) in [6, 6.07) is 1.41. The number of carbonyl (C=O) groups is 2. The maximum atomic E-state index is 12.2. The first-order valence-corrected chi connectivity index (χ1v) is 7.21. The number of pyridine rings is 1. The first-order valence-electron chi connectivity index (χ1n) is 6.46. The first-order chi connectivity index (χ1) is 9.75. The second-order valence-electron chi connectivity index (χ2n) is 4.93. The highest BCUT2D eigenvalue weighted by molar-refractivity contribution is 6.34. The maximum absolute atomic E-state index is 12.2. The SMILES string of the molecule is CCOC(=O)C(Cc1cnc(Cl)cc1Cl)(C(=O)O)C(C)C. The van der Waals surface area contributed by atoms with Gasteiger partial charge >= 0.3 is 11.9 Å². The van der Waals surface area contributed by atoms with Crippen molar-refractivity contribution in [3.05, 3.63) is 28.0 Å². The molecule has 1 atom stereocenters. The van der Waals surface area contributed by atoms with Gasteiger partial charge in [0.1, 0.15) is 5.15 Å². The van der Waals surface area contributed by atoms with Gasteiger partial charge < -0.3 is 9.84 Å². The van der Waals surface area contributed by atoms with Gasteiger partial charge in [0, 0.05) is 17.6 Å². The molecule has 1 rings (SSSR count). The number of ether oxygens (including phenoxy) is 1. The number of aromatic nitrogens is 1. The van der Waals surface area contributed by atoms with Crippen molar-refractivity contribution in [1.29, 1.82) is 0 Å². The van der Waals surface area contributed by atoms with Gasteiger partial charge in [0.15, 0.2) is 5.41 Å². The highest BCUT2D eigenvalue weighted by Crippen LogP contribution is 2.36. The molecule has 0 fully saturated rings. The van der Waals surface area contributed by atoms with E-state index in [2.05, 4.69) is 4.98 Å². The van der Waals surface area contributed by atoms with Crippen LogP contribution in [0.1, 0.15) is 26.3 Å². The molecule has 0 saturated carbocycles. The summed E-state index contributed by atoms with van der Waals surface area (Å²) in [6.07, 6.45) is 1.27. The van der Waals surface area contributed by atoms with Gasteiger partial charge in [-0.05, 0) is 24.5 Å². The predicted molar refractivity (Wildman–Crippen MR) is 79.5 cm³/mol. The van der Waals surface area contributed by atoms with E-state index in [1.165, 1.54) is 12.3 Å². The van der Waals surface area contributed by atoms with Crippen LogP contribution in [0.2, 0.25) is 10.2 Å². The standard InChI is InChI=1S/C14H17Cl2NO4/c1-4-21-13(20)14(8(2)3,12(18)19)6-9-7-17-11(16)5-10(9)15/h5,7-8H,4,6H2,1-3H3,(H,18,19).